The maximum absolute atomic E-state index is 13.3. The van der Waals surface area contributed by atoms with Gasteiger partial charge in [-0.25, -0.2) is 19.6 Å². The lowest BCUT2D eigenvalue weighted by Crippen LogP contribution is -2.44. The van der Waals surface area contributed by atoms with Crippen molar-refractivity contribution in [3.63, 3.8) is 0 Å². The lowest BCUT2D eigenvalue weighted by Gasteiger charge is -2.39. The minimum atomic E-state index is -0.635. The van der Waals surface area contributed by atoms with Crippen LogP contribution in [0.5, 0.6) is 5.75 Å². The number of piperidine rings is 1. The summed E-state index contributed by atoms with van der Waals surface area (Å²) >= 11 is 0. The highest BCUT2D eigenvalue weighted by atomic mass is 16.5. The van der Waals surface area contributed by atoms with Gasteiger partial charge in [0.1, 0.15) is 17.7 Å². The molecule has 12 nitrogen and oxygen atoms in total. The molecule has 3 aromatic heterocycles. The monoisotopic (exact) mass is 640 g/mol. The van der Waals surface area contributed by atoms with Crippen LogP contribution in [0.4, 0.5) is 16.6 Å². The summed E-state index contributed by atoms with van der Waals surface area (Å²) in [6.07, 6.45) is 6.64. The predicted octanol–water partition coefficient (Wildman–Crippen LogP) is 6.54. The molecule has 4 atom stereocenters. The van der Waals surface area contributed by atoms with Crippen molar-refractivity contribution in [2.75, 3.05) is 16.8 Å². The van der Waals surface area contributed by atoms with E-state index in [1.165, 1.54) is 6.42 Å². The first-order valence-corrected chi connectivity index (χ1v) is 16.5. The first kappa shape index (κ1) is 32.2. The molecule has 2 aliphatic rings. The number of benzene rings is 1. The van der Waals surface area contributed by atoms with E-state index in [1.807, 2.05) is 61.7 Å². The van der Waals surface area contributed by atoms with Gasteiger partial charge in [0, 0.05) is 23.6 Å². The highest BCUT2D eigenvalue weighted by Gasteiger charge is 2.31. The molecule has 12 heteroatoms. The van der Waals surface area contributed by atoms with Crippen LogP contribution in [0.15, 0.2) is 48.7 Å². The number of esters is 1. The molecule has 2 amide bonds. The van der Waals surface area contributed by atoms with Crippen molar-refractivity contribution >= 4 is 29.4 Å². The van der Waals surface area contributed by atoms with Crippen LogP contribution < -0.4 is 20.3 Å². The van der Waals surface area contributed by atoms with Crippen LogP contribution in [-0.4, -0.2) is 55.3 Å². The molecule has 47 heavy (non-hydrogen) atoms. The Morgan fingerprint density at radius 3 is 2.43 bits per heavy atom. The molecule has 6 rings (SSSR count). The summed E-state index contributed by atoms with van der Waals surface area (Å²) in [5, 5.41) is 14.9. The summed E-state index contributed by atoms with van der Waals surface area (Å²) in [5.74, 6) is 1.08. The minimum absolute atomic E-state index is 0.0886. The fraction of sp³-hybridized carbons (Fsp3) is 0.486. The zero-order valence-corrected chi connectivity index (χ0v) is 28.0. The molecule has 0 spiro atoms. The van der Waals surface area contributed by atoms with E-state index in [2.05, 4.69) is 55.6 Å². The Bertz CT molecular complexity index is 1760. The van der Waals surface area contributed by atoms with Gasteiger partial charge in [0.25, 0.3) is 0 Å². The third-order valence-corrected chi connectivity index (χ3v) is 9.00. The molecule has 1 saturated heterocycles. The number of carbonyl (C=O) groups excluding carboxylic acids is 2. The van der Waals surface area contributed by atoms with Crippen LogP contribution >= 0.6 is 0 Å². The van der Waals surface area contributed by atoms with E-state index >= 15 is 0 Å². The van der Waals surface area contributed by atoms with E-state index < -0.39 is 12.0 Å². The Morgan fingerprint density at radius 2 is 1.70 bits per heavy atom. The maximum Gasteiger partial charge on any atom is 0.376 e. The van der Waals surface area contributed by atoms with Gasteiger partial charge in [0.2, 0.25) is 11.8 Å². The van der Waals surface area contributed by atoms with E-state index in [4.69, 9.17) is 9.47 Å². The number of rotatable bonds is 7. The minimum Gasteiger partial charge on any atom is -0.484 e. The number of fused-ring (bicyclic) bond motifs is 2. The topological polar surface area (TPSA) is 136 Å². The van der Waals surface area contributed by atoms with E-state index in [-0.39, 0.29) is 35.8 Å². The fourth-order valence-electron chi connectivity index (χ4n) is 6.60. The average molecular weight is 641 g/mol. The lowest BCUT2D eigenvalue weighted by atomic mass is 9.85. The van der Waals surface area contributed by atoms with Crippen molar-refractivity contribution in [1.29, 1.82) is 0 Å². The lowest BCUT2D eigenvalue weighted by molar-refractivity contribution is 0.0511. The van der Waals surface area contributed by atoms with Gasteiger partial charge in [-0.15, -0.1) is 10.2 Å². The number of anilines is 2. The molecule has 0 bridgehead atoms. The Labute approximate surface area is 275 Å². The largest absolute Gasteiger partial charge is 0.484 e. The molecule has 4 heterocycles. The number of pyridine rings is 1. The number of hydrogen-bond acceptors (Lipinski definition) is 9. The van der Waals surface area contributed by atoms with Crippen LogP contribution in [0.25, 0.3) is 5.65 Å². The van der Waals surface area contributed by atoms with Crippen LogP contribution in [0.1, 0.15) is 113 Å². The molecule has 0 saturated carbocycles. The average Bonchev–Trinajstić information content (AvgIpc) is 3.44. The highest BCUT2D eigenvalue weighted by molar-refractivity contribution is 5.90. The number of nitrogens with zero attached hydrogens (tertiary/aromatic N) is 6. The Morgan fingerprint density at radius 1 is 0.957 bits per heavy atom. The van der Waals surface area contributed by atoms with Gasteiger partial charge in [-0.3, -0.25) is 9.72 Å². The van der Waals surface area contributed by atoms with Gasteiger partial charge in [0.05, 0.1) is 24.5 Å². The third kappa shape index (κ3) is 6.86. The second-order valence-electron chi connectivity index (χ2n) is 13.5. The Hall–Kier alpha value is -4.74. The first-order valence-electron chi connectivity index (χ1n) is 16.5. The van der Waals surface area contributed by atoms with Gasteiger partial charge in [-0.05, 0) is 76.1 Å². The summed E-state index contributed by atoms with van der Waals surface area (Å²) in [7, 11) is 0. The zero-order chi connectivity index (χ0) is 33.3. The van der Waals surface area contributed by atoms with Crippen molar-refractivity contribution in [3.05, 3.63) is 71.3 Å². The number of ether oxygens (including phenoxy) is 2. The molecule has 1 aromatic carbocycles. The van der Waals surface area contributed by atoms with Gasteiger partial charge in [-0.2, -0.15) is 0 Å². The van der Waals surface area contributed by atoms with E-state index in [1.54, 1.807) is 13.0 Å². The molecule has 1 aliphatic heterocycles. The van der Waals surface area contributed by atoms with Gasteiger partial charge in [-0.1, -0.05) is 45.0 Å². The first-order chi connectivity index (χ1) is 22.5. The van der Waals surface area contributed by atoms with Crippen molar-refractivity contribution < 1.29 is 19.1 Å². The molecule has 1 aliphatic carbocycles. The second-order valence-corrected chi connectivity index (χ2v) is 13.5. The molecule has 248 valence electrons. The summed E-state index contributed by atoms with van der Waals surface area (Å²) < 4.78 is 13.8. The quantitative estimate of drug-likeness (QED) is 0.216. The standard InChI is InChI=1S/C35H44N8O4/c1-7-46-32(44)31-37-28(35(4,5)6)19-29(38-31)39-33(45)36-26-16-17-27(25-14-9-8-13-24(25)26)47-23-15-18-30-40-41-34(42(30)20-23)43-21(2)11-10-12-22(43)3/h8-9,13-15,18-22,26-27H,7,10-12,16-17H2,1-6H3,(H2,36,37,38,39,45)/t21-,22+,26-,27+/m0/s1. The van der Waals surface area contributed by atoms with Crippen LogP contribution in [-0.2, 0) is 10.2 Å². The second kappa shape index (κ2) is 13.2. The number of carbonyl (C=O) groups is 2. The van der Waals surface area contributed by atoms with Gasteiger partial charge >= 0.3 is 12.0 Å². The molecule has 0 unspecified atom stereocenters. The van der Waals surface area contributed by atoms with Gasteiger partial charge in [0.15, 0.2) is 5.65 Å². The number of aromatic nitrogens is 5. The number of nitrogens with one attached hydrogen (secondary N) is 2. The summed E-state index contributed by atoms with van der Waals surface area (Å²) in [5.41, 5.74) is 3.04. The Balaban J connectivity index is 1.19. The molecule has 2 N–H and O–H groups in total. The SMILES string of the molecule is CCOC(=O)c1nc(NC(=O)N[C@H]2CC[C@@H](Oc3ccc4nnc(N5[C@H](C)CCC[C@@H]5C)n4c3)c3ccccc32)cc(C(C)(C)C)n1. The van der Waals surface area contributed by atoms with Crippen molar-refractivity contribution in [2.24, 2.45) is 0 Å². The highest BCUT2D eigenvalue weighted by Crippen LogP contribution is 2.39. The zero-order valence-electron chi connectivity index (χ0n) is 28.0. The number of urea groups is 1. The normalized spacial score (nSPS) is 21.2. The summed E-state index contributed by atoms with van der Waals surface area (Å²) in [6, 6.07) is 13.7. The van der Waals surface area contributed by atoms with Crippen molar-refractivity contribution in [2.45, 2.75) is 103 Å². The van der Waals surface area contributed by atoms with Crippen molar-refractivity contribution in [1.82, 2.24) is 29.9 Å². The molecule has 0 radical (unpaired) electrons. The van der Waals surface area contributed by atoms with Gasteiger partial charge < -0.3 is 19.7 Å². The van der Waals surface area contributed by atoms with E-state index in [0.717, 1.165) is 41.3 Å². The van der Waals surface area contributed by atoms with Crippen LogP contribution in [0, 0.1) is 0 Å². The Kier molecular flexibility index (Phi) is 9.03. The fourth-order valence-corrected chi connectivity index (χ4v) is 6.60. The summed E-state index contributed by atoms with van der Waals surface area (Å²) in [6.45, 7) is 12.3. The molecular formula is C35H44N8O4. The van der Waals surface area contributed by atoms with Crippen LogP contribution in [0.2, 0.25) is 0 Å². The van der Waals surface area contributed by atoms with E-state index in [9.17, 15) is 9.59 Å². The predicted molar refractivity (Wildman–Crippen MR) is 179 cm³/mol. The third-order valence-electron chi connectivity index (χ3n) is 9.00. The summed E-state index contributed by atoms with van der Waals surface area (Å²) in [4.78, 5) is 36.8. The molecular weight excluding hydrogens is 596 g/mol. The molecule has 4 aromatic rings. The maximum atomic E-state index is 13.3. The molecule has 1 fully saturated rings. The van der Waals surface area contributed by atoms with Crippen LogP contribution in [0.3, 0.4) is 0 Å². The van der Waals surface area contributed by atoms with E-state index in [0.29, 0.717) is 30.6 Å². The number of amides is 2. The van der Waals surface area contributed by atoms with Crippen molar-refractivity contribution in [3.8, 4) is 5.75 Å². The number of hydrogen-bond donors (Lipinski definition) is 2. The smallest absolute Gasteiger partial charge is 0.376 e.